The van der Waals surface area contributed by atoms with Crippen LogP contribution in [0.25, 0.3) is 0 Å². The molecule has 4 heteroatoms. The number of thioether (sulfide) groups is 1. The molecule has 0 aromatic heterocycles. The lowest BCUT2D eigenvalue weighted by molar-refractivity contribution is -0.151. The summed E-state index contributed by atoms with van der Waals surface area (Å²) in [6.07, 6.45) is 0.776. The van der Waals surface area contributed by atoms with E-state index in [0.29, 0.717) is 5.92 Å². The maximum Gasteiger partial charge on any atom is 0.325 e. The molecule has 1 N–H and O–H groups in total. The van der Waals surface area contributed by atoms with E-state index in [9.17, 15) is 9.90 Å². The number of carboxylic acids is 1. The third-order valence-corrected chi connectivity index (χ3v) is 4.31. The summed E-state index contributed by atoms with van der Waals surface area (Å²) in [5, 5.41) is 9.54. The monoisotopic (exact) mass is 245 g/mol. The zero-order chi connectivity index (χ0) is 12.3. The van der Waals surface area contributed by atoms with Gasteiger partial charge in [0.1, 0.15) is 5.54 Å². The molecule has 1 atom stereocenters. The van der Waals surface area contributed by atoms with E-state index in [1.807, 2.05) is 0 Å². The second kappa shape index (κ2) is 5.41. The lowest BCUT2D eigenvalue weighted by Crippen LogP contribution is -2.58. The number of aliphatic carboxylic acids is 1. The van der Waals surface area contributed by atoms with Crippen molar-refractivity contribution in [2.24, 2.45) is 5.92 Å². The molecule has 1 heterocycles. The summed E-state index contributed by atoms with van der Waals surface area (Å²) in [7, 11) is 0. The number of carbonyl (C=O) groups is 1. The van der Waals surface area contributed by atoms with Gasteiger partial charge in [-0.05, 0) is 31.9 Å². The standard InChI is InChI=1S/C12H23NO2S/c1-9(2)7-13(10(3)4)12(11(14)15)5-6-16-8-12/h9-10H,5-8H2,1-4H3,(H,14,15). The third-order valence-electron chi connectivity index (χ3n) is 3.13. The first-order valence-electron chi connectivity index (χ1n) is 5.98. The van der Waals surface area contributed by atoms with E-state index in [1.54, 1.807) is 11.8 Å². The van der Waals surface area contributed by atoms with E-state index in [-0.39, 0.29) is 6.04 Å². The average molecular weight is 245 g/mol. The molecule has 1 unspecified atom stereocenters. The highest BCUT2D eigenvalue weighted by molar-refractivity contribution is 7.99. The number of rotatable bonds is 5. The molecule has 0 aromatic carbocycles. The smallest absolute Gasteiger partial charge is 0.325 e. The van der Waals surface area contributed by atoms with Crippen LogP contribution in [-0.4, -0.2) is 45.6 Å². The van der Waals surface area contributed by atoms with Crippen molar-refractivity contribution in [1.82, 2.24) is 4.90 Å². The Kier molecular flexibility index (Phi) is 4.68. The van der Waals surface area contributed by atoms with E-state index in [2.05, 4.69) is 32.6 Å². The first kappa shape index (κ1) is 13.8. The highest BCUT2D eigenvalue weighted by Gasteiger charge is 2.47. The highest BCUT2D eigenvalue weighted by atomic mass is 32.2. The number of carboxylic acid groups (broad SMARTS) is 1. The largest absolute Gasteiger partial charge is 0.480 e. The molecule has 0 radical (unpaired) electrons. The molecule has 0 amide bonds. The molecule has 3 nitrogen and oxygen atoms in total. The quantitative estimate of drug-likeness (QED) is 0.807. The Morgan fingerprint density at radius 2 is 2.06 bits per heavy atom. The Labute approximate surface area is 103 Å². The van der Waals surface area contributed by atoms with Gasteiger partial charge in [-0.3, -0.25) is 9.69 Å². The molecular weight excluding hydrogens is 222 g/mol. The molecule has 16 heavy (non-hydrogen) atoms. The van der Waals surface area contributed by atoms with Crippen LogP contribution in [-0.2, 0) is 4.79 Å². The van der Waals surface area contributed by atoms with Crippen molar-refractivity contribution in [1.29, 1.82) is 0 Å². The van der Waals surface area contributed by atoms with Crippen molar-refractivity contribution in [2.75, 3.05) is 18.1 Å². The molecule has 0 bridgehead atoms. The van der Waals surface area contributed by atoms with Gasteiger partial charge in [0.2, 0.25) is 0 Å². The van der Waals surface area contributed by atoms with Crippen LogP contribution in [0.2, 0.25) is 0 Å². The first-order valence-corrected chi connectivity index (χ1v) is 7.13. The van der Waals surface area contributed by atoms with Gasteiger partial charge in [-0.25, -0.2) is 0 Å². The number of nitrogens with zero attached hydrogens (tertiary/aromatic N) is 1. The van der Waals surface area contributed by atoms with Crippen LogP contribution in [0, 0.1) is 5.92 Å². The summed E-state index contributed by atoms with van der Waals surface area (Å²) >= 11 is 1.76. The van der Waals surface area contributed by atoms with Gasteiger partial charge in [-0.15, -0.1) is 0 Å². The fourth-order valence-corrected chi connectivity index (χ4v) is 3.74. The van der Waals surface area contributed by atoms with Gasteiger partial charge in [0, 0.05) is 18.3 Å². The molecule has 0 spiro atoms. The molecule has 0 aromatic rings. The Balaban J connectivity index is 2.92. The van der Waals surface area contributed by atoms with Crippen LogP contribution in [0.5, 0.6) is 0 Å². The van der Waals surface area contributed by atoms with E-state index in [1.165, 1.54) is 0 Å². The summed E-state index contributed by atoms with van der Waals surface area (Å²) < 4.78 is 0. The van der Waals surface area contributed by atoms with Gasteiger partial charge in [0.25, 0.3) is 0 Å². The Bertz CT molecular complexity index is 247. The minimum Gasteiger partial charge on any atom is -0.480 e. The maximum atomic E-state index is 11.6. The SMILES string of the molecule is CC(C)CN(C(C)C)C1(C(=O)O)CCSC1. The zero-order valence-corrected chi connectivity index (χ0v) is 11.5. The number of hydrogen-bond acceptors (Lipinski definition) is 3. The minimum atomic E-state index is -0.646. The van der Waals surface area contributed by atoms with Crippen molar-refractivity contribution >= 4 is 17.7 Å². The molecule has 1 fully saturated rings. The molecule has 1 saturated heterocycles. The highest BCUT2D eigenvalue weighted by Crippen LogP contribution is 2.35. The minimum absolute atomic E-state index is 0.289. The van der Waals surface area contributed by atoms with Crippen LogP contribution in [0.3, 0.4) is 0 Å². The fraction of sp³-hybridized carbons (Fsp3) is 0.917. The summed E-state index contributed by atoms with van der Waals surface area (Å²) in [5.41, 5.74) is -0.622. The maximum absolute atomic E-state index is 11.6. The average Bonchev–Trinajstić information content (AvgIpc) is 2.63. The second-order valence-electron chi connectivity index (χ2n) is 5.28. The lowest BCUT2D eigenvalue weighted by Gasteiger charge is -2.41. The van der Waals surface area contributed by atoms with Crippen molar-refractivity contribution in [3.63, 3.8) is 0 Å². The van der Waals surface area contributed by atoms with Gasteiger partial charge in [0.05, 0.1) is 0 Å². The summed E-state index contributed by atoms with van der Waals surface area (Å²) in [4.78, 5) is 13.8. The van der Waals surface area contributed by atoms with Gasteiger partial charge >= 0.3 is 5.97 Å². The molecule has 0 aliphatic carbocycles. The summed E-state index contributed by atoms with van der Waals surface area (Å²) in [6, 6.07) is 0.289. The van der Waals surface area contributed by atoms with Crippen molar-refractivity contribution in [3.05, 3.63) is 0 Å². The van der Waals surface area contributed by atoms with Crippen LogP contribution in [0.15, 0.2) is 0 Å². The normalized spacial score (nSPS) is 25.9. The van der Waals surface area contributed by atoms with Gasteiger partial charge < -0.3 is 5.11 Å². The lowest BCUT2D eigenvalue weighted by atomic mass is 9.93. The molecule has 94 valence electrons. The zero-order valence-electron chi connectivity index (χ0n) is 10.7. The van der Waals surface area contributed by atoms with Crippen LogP contribution >= 0.6 is 11.8 Å². The second-order valence-corrected chi connectivity index (χ2v) is 6.38. The van der Waals surface area contributed by atoms with Gasteiger partial charge in [0.15, 0.2) is 0 Å². The molecule has 0 saturated carbocycles. The van der Waals surface area contributed by atoms with Crippen molar-refractivity contribution in [2.45, 2.75) is 45.7 Å². The summed E-state index contributed by atoms with van der Waals surface area (Å²) in [5.74, 6) is 1.55. The van der Waals surface area contributed by atoms with E-state index in [0.717, 1.165) is 24.5 Å². The fourth-order valence-electron chi connectivity index (χ4n) is 2.35. The van der Waals surface area contributed by atoms with E-state index < -0.39 is 11.5 Å². The number of hydrogen-bond donors (Lipinski definition) is 1. The molecule has 1 rings (SSSR count). The predicted molar refractivity (Wildman–Crippen MR) is 69.0 cm³/mol. The predicted octanol–water partition coefficient (Wildman–Crippen LogP) is 2.31. The van der Waals surface area contributed by atoms with Gasteiger partial charge in [-0.1, -0.05) is 13.8 Å². The van der Waals surface area contributed by atoms with E-state index in [4.69, 9.17) is 0 Å². The van der Waals surface area contributed by atoms with Crippen LogP contribution in [0.4, 0.5) is 0 Å². The third kappa shape index (κ3) is 2.72. The Morgan fingerprint density at radius 1 is 1.44 bits per heavy atom. The molecular formula is C12H23NO2S. The van der Waals surface area contributed by atoms with Crippen molar-refractivity contribution in [3.8, 4) is 0 Å². The molecule has 1 aliphatic heterocycles. The Morgan fingerprint density at radius 3 is 2.38 bits per heavy atom. The topological polar surface area (TPSA) is 40.5 Å². The molecule has 1 aliphatic rings. The van der Waals surface area contributed by atoms with Crippen LogP contribution in [0.1, 0.15) is 34.1 Å². The van der Waals surface area contributed by atoms with Crippen LogP contribution < -0.4 is 0 Å². The van der Waals surface area contributed by atoms with Crippen molar-refractivity contribution < 1.29 is 9.90 Å². The van der Waals surface area contributed by atoms with E-state index >= 15 is 0 Å². The Hall–Kier alpha value is -0.220. The van der Waals surface area contributed by atoms with Gasteiger partial charge in [-0.2, -0.15) is 11.8 Å². The first-order chi connectivity index (χ1) is 7.40. The summed E-state index contributed by atoms with van der Waals surface area (Å²) in [6.45, 7) is 9.34.